The molecule has 0 heterocycles. The Hall–Kier alpha value is -0.620. The SMILES string of the molecule is NS(=O)(=O)c1ccc(CCNCC2CCCCC2)cc1.[Cl-]. The third kappa shape index (κ3) is 6.34. The second-order valence-corrected chi connectivity index (χ2v) is 7.21. The minimum Gasteiger partial charge on any atom is -1.00 e. The number of benzene rings is 1. The van der Waals surface area contributed by atoms with Gasteiger partial charge in [0.25, 0.3) is 0 Å². The van der Waals surface area contributed by atoms with Crippen molar-refractivity contribution in [1.29, 1.82) is 0 Å². The molecule has 1 aliphatic rings. The Balaban J connectivity index is 0.00000220. The summed E-state index contributed by atoms with van der Waals surface area (Å²) in [4.78, 5) is 0.177. The van der Waals surface area contributed by atoms with Crippen molar-refractivity contribution in [2.45, 2.75) is 43.4 Å². The van der Waals surface area contributed by atoms with E-state index in [2.05, 4.69) is 5.32 Å². The molecule has 0 bridgehead atoms. The number of hydrogen-bond acceptors (Lipinski definition) is 3. The summed E-state index contributed by atoms with van der Waals surface area (Å²) in [5, 5.41) is 8.58. The van der Waals surface area contributed by atoms with Gasteiger partial charge in [-0.1, -0.05) is 31.4 Å². The van der Waals surface area contributed by atoms with E-state index in [1.165, 1.54) is 32.1 Å². The van der Waals surface area contributed by atoms with E-state index in [4.69, 9.17) is 5.14 Å². The van der Waals surface area contributed by atoms with E-state index >= 15 is 0 Å². The van der Waals surface area contributed by atoms with Crippen LogP contribution in [-0.4, -0.2) is 21.5 Å². The van der Waals surface area contributed by atoms with Gasteiger partial charge in [0.15, 0.2) is 0 Å². The molecule has 3 N–H and O–H groups in total. The minimum absolute atomic E-state index is 0. The molecule has 0 saturated heterocycles. The van der Waals surface area contributed by atoms with Crippen molar-refractivity contribution in [2.24, 2.45) is 11.1 Å². The molecule has 0 radical (unpaired) electrons. The molecule has 0 spiro atoms. The maximum Gasteiger partial charge on any atom is 0.238 e. The molecule has 0 aromatic heterocycles. The van der Waals surface area contributed by atoms with Gasteiger partial charge in [0.2, 0.25) is 10.0 Å². The molecule has 21 heavy (non-hydrogen) atoms. The molecular formula is C15H24ClN2O2S-. The first kappa shape index (κ1) is 18.4. The minimum atomic E-state index is -3.57. The molecule has 1 fully saturated rings. The van der Waals surface area contributed by atoms with Crippen molar-refractivity contribution >= 4 is 10.0 Å². The molecule has 1 aliphatic carbocycles. The summed E-state index contributed by atoms with van der Waals surface area (Å²) in [6, 6.07) is 6.82. The highest BCUT2D eigenvalue weighted by Gasteiger charge is 2.12. The van der Waals surface area contributed by atoms with Crippen LogP contribution < -0.4 is 22.9 Å². The van der Waals surface area contributed by atoms with Crippen LogP contribution >= 0.6 is 0 Å². The van der Waals surface area contributed by atoms with E-state index in [0.717, 1.165) is 31.0 Å². The van der Waals surface area contributed by atoms with Crippen molar-refractivity contribution in [2.75, 3.05) is 13.1 Å². The zero-order valence-electron chi connectivity index (χ0n) is 12.2. The molecule has 1 aromatic carbocycles. The number of hydrogen-bond donors (Lipinski definition) is 2. The zero-order chi connectivity index (χ0) is 14.4. The molecule has 0 atom stereocenters. The van der Waals surface area contributed by atoms with E-state index in [1.54, 1.807) is 12.1 Å². The Labute approximate surface area is 134 Å². The van der Waals surface area contributed by atoms with Gasteiger partial charge in [-0.15, -0.1) is 0 Å². The third-order valence-corrected chi connectivity index (χ3v) is 4.93. The highest BCUT2D eigenvalue weighted by Crippen LogP contribution is 2.22. The van der Waals surface area contributed by atoms with Crippen LogP contribution in [0.1, 0.15) is 37.7 Å². The number of halogens is 1. The lowest BCUT2D eigenvalue weighted by Crippen LogP contribution is -3.00. The van der Waals surface area contributed by atoms with Crippen LogP contribution in [0, 0.1) is 5.92 Å². The van der Waals surface area contributed by atoms with Gasteiger partial charge in [0.05, 0.1) is 4.90 Å². The topological polar surface area (TPSA) is 72.2 Å². The summed E-state index contributed by atoms with van der Waals surface area (Å²) < 4.78 is 22.3. The number of nitrogens with one attached hydrogen (secondary N) is 1. The first-order chi connectivity index (χ1) is 9.55. The molecular weight excluding hydrogens is 308 g/mol. The number of primary sulfonamides is 1. The van der Waals surface area contributed by atoms with Gasteiger partial charge in [-0.05, 0) is 56.0 Å². The van der Waals surface area contributed by atoms with Crippen LogP contribution in [0.4, 0.5) is 0 Å². The summed E-state index contributed by atoms with van der Waals surface area (Å²) in [5.41, 5.74) is 1.13. The molecule has 0 unspecified atom stereocenters. The Bertz CT molecular complexity index is 511. The average molecular weight is 332 g/mol. The molecule has 1 aromatic rings. The summed E-state index contributed by atoms with van der Waals surface area (Å²) in [5.74, 6) is 0.841. The predicted octanol–water partition coefficient (Wildman–Crippen LogP) is -0.950. The Kier molecular flexibility index (Phi) is 7.66. The molecule has 0 aliphatic heterocycles. The van der Waals surface area contributed by atoms with Gasteiger partial charge in [-0.25, -0.2) is 13.6 Å². The lowest BCUT2D eigenvalue weighted by Gasteiger charge is -2.21. The van der Waals surface area contributed by atoms with Crippen LogP contribution in [0.2, 0.25) is 0 Å². The molecule has 0 amide bonds. The summed E-state index contributed by atoms with van der Waals surface area (Å²) in [6.45, 7) is 2.04. The highest BCUT2D eigenvalue weighted by molar-refractivity contribution is 7.89. The molecule has 120 valence electrons. The van der Waals surface area contributed by atoms with Crippen LogP contribution in [-0.2, 0) is 16.4 Å². The smallest absolute Gasteiger partial charge is 0.238 e. The van der Waals surface area contributed by atoms with E-state index in [-0.39, 0.29) is 17.3 Å². The van der Waals surface area contributed by atoms with Crippen LogP contribution in [0.5, 0.6) is 0 Å². The summed E-state index contributed by atoms with van der Waals surface area (Å²) in [6.07, 6.45) is 7.78. The normalized spacial score (nSPS) is 16.4. The van der Waals surface area contributed by atoms with Gasteiger partial charge in [0, 0.05) is 0 Å². The van der Waals surface area contributed by atoms with Gasteiger partial charge >= 0.3 is 0 Å². The third-order valence-electron chi connectivity index (χ3n) is 4.00. The van der Waals surface area contributed by atoms with Crippen molar-refractivity contribution in [3.05, 3.63) is 29.8 Å². The van der Waals surface area contributed by atoms with Crippen LogP contribution in [0.25, 0.3) is 0 Å². The Morgan fingerprint density at radius 3 is 2.29 bits per heavy atom. The van der Waals surface area contributed by atoms with Gasteiger partial charge < -0.3 is 17.7 Å². The number of rotatable bonds is 6. The quantitative estimate of drug-likeness (QED) is 0.660. The maximum absolute atomic E-state index is 11.1. The fraction of sp³-hybridized carbons (Fsp3) is 0.600. The van der Waals surface area contributed by atoms with E-state index in [0.29, 0.717) is 0 Å². The molecule has 2 rings (SSSR count). The van der Waals surface area contributed by atoms with Gasteiger partial charge in [-0.3, -0.25) is 0 Å². The Morgan fingerprint density at radius 1 is 1.10 bits per heavy atom. The monoisotopic (exact) mass is 331 g/mol. The predicted molar refractivity (Wildman–Crippen MR) is 81.0 cm³/mol. The fourth-order valence-corrected chi connectivity index (χ4v) is 3.29. The maximum atomic E-state index is 11.1. The summed E-state index contributed by atoms with van der Waals surface area (Å²) >= 11 is 0. The summed E-state index contributed by atoms with van der Waals surface area (Å²) in [7, 11) is -3.57. The van der Waals surface area contributed by atoms with Crippen LogP contribution in [0.15, 0.2) is 29.2 Å². The Morgan fingerprint density at radius 2 is 1.71 bits per heavy atom. The second-order valence-electron chi connectivity index (χ2n) is 5.65. The van der Waals surface area contributed by atoms with Gasteiger partial charge in [0.1, 0.15) is 0 Å². The van der Waals surface area contributed by atoms with E-state index < -0.39 is 10.0 Å². The zero-order valence-corrected chi connectivity index (χ0v) is 13.8. The number of sulfonamides is 1. The lowest BCUT2D eigenvalue weighted by atomic mass is 9.89. The van der Waals surface area contributed by atoms with Crippen LogP contribution in [0.3, 0.4) is 0 Å². The lowest BCUT2D eigenvalue weighted by molar-refractivity contribution is -0.00000685. The number of nitrogens with two attached hydrogens (primary N) is 1. The van der Waals surface area contributed by atoms with Crippen molar-refractivity contribution in [1.82, 2.24) is 5.32 Å². The first-order valence-electron chi connectivity index (χ1n) is 7.38. The first-order valence-corrected chi connectivity index (χ1v) is 8.93. The fourth-order valence-electron chi connectivity index (χ4n) is 2.78. The standard InChI is InChI=1S/C15H24N2O2S.ClH/c16-20(18,19)15-8-6-13(7-9-15)10-11-17-12-14-4-2-1-3-5-14;/h6-9,14,17H,1-5,10-12H2,(H2,16,18,19);1H/p-1. The van der Waals surface area contributed by atoms with E-state index in [1.807, 2.05) is 12.1 Å². The molecule has 1 saturated carbocycles. The van der Waals surface area contributed by atoms with Crippen molar-refractivity contribution < 1.29 is 20.8 Å². The van der Waals surface area contributed by atoms with Crippen molar-refractivity contribution in [3.63, 3.8) is 0 Å². The van der Waals surface area contributed by atoms with E-state index in [9.17, 15) is 8.42 Å². The van der Waals surface area contributed by atoms with Crippen molar-refractivity contribution in [3.8, 4) is 0 Å². The highest BCUT2D eigenvalue weighted by atomic mass is 35.5. The van der Waals surface area contributed by atoms with Gasteiger partial charge in [-0.2, -0.15) is 0 Å². The average Bonchev–Trinajstić information content (AvgIpc) is 2.44. The molecule has 4 nitrogen and oxygen atoms in total. The second kappa shape index (κ2) is 8.73. The largest absolute Gasteiger partial charge is 1.00 e. The molecule has 6 heteroatoms.